The van der Waals surface area contributed by atoms with Gasteiger partial charge in [-0.3, -0.25) is 4.99 Å². The van der Waals surface area contributed by atoms with Crippen molar-refractivity contribution in [2.45, 2.75) is 13.0 Å². The number of rotatable bonds is 6. The van der Waals surface area contributed by atoms with Crippen LogP contribution in [0.5, 0.6) is 0 Å². The fraction of sp³-hybridized carbons (Fsp3) is 0.421. The highest BCUT2D eigenvalue weighted by Gasteiger charge is 2.15. The van der Waals surface area contributed by atoms with Crippen molar-refractivity contribution in [1.29, 1.82) is 0 Å². The van der Waals surface area contributed by atoms with E-state index in [1.54, 1.807) is 24.5 Å². The normalized spacial score (nSPS) is 14.6. The summed E-state index contributed by atoms with van der Waals surface area (Å²) in [6.07, 6.45) is 0.960. The van der Waals surface area contributed by atoms with Gasteiger partial charge >= 0.3 is 0 Å². The van der Waals surface area contributed by atoms with Crippen LogP contribution in [0.4, 0.5) is 10.1 Å². The Bertz CT molecular complexity index is 721. The molecule has 0 radical (unpaired) electrons. The number of hydrogen-bond acceptors (Lipinski definition) is 4. The number of anilines is 1. The molecule has 0 atom stereocenters. The van der Waals surface area contributed by atoms with Crippen molar-refractivity contribution in [3.8, 4) is 0 Å². The maximum Gasteiger partial charge on any atom is 0.191 e. The van der Waals surface area contributed by atoms with Crippen LogP contribution in [0.3, 0.4) is 0 Å². The van der Waals surface area contributed by atoms with Gasteiger partial charge in [-0.15, -0.1) is 35.3 Å². The molecule has 0 amide bonds. The molecular formula is C19H26FIN4OS. The average Bonchev–Trinajstić information content (AvgIpc) is 3.19. The molecule has 8 heteroatoms. The van der Waals surface area contributed by atoms with E-state index in [-0.39, 0.29) is 29.8 Å². The first-order chi connectivity index (χ1) is 12.8. The van der Waals surface area contributed by atoms with Crippen molar-refractivity contribution in [2.75, 3.05) is 44.8 Å². The number of aliphatic imine (C=N–C) groups is 1. The largest absolute Gasteiger partial charge is 0.378 e. The molecular weight excluding hydrogens is 478 g/mol. The Hall–Kier alpha value is -1.39. The lowest BCUT2D eigenvalue weighted by molar-refractivity contribution is 0.122. The van der Waals surface area contributed by atoms with E-state index in [4.69, 9.17) is 4.74 Å². The molecule has 2 heterocycles. The second-order valence-electron chi connectivity index (χ2n) is 6.07. The van der Waals surface area contributed by atoms with Gasteiger partial charge in [-0.25, -0.2) is 4.39 Å². The van der Waals surface area contributed by atoms with Gasteiger partial charge in [-0.2, -0.15) is 0 Å². The third kappa shape index (κ3) is 6.62. The predicted octanol–water partition coefficient (Wildman–Crippen LogP) is 3.25. The third-order valence-corrected chi connectivity index (χ3v) is 5.23. The van der Waals surface area contributed by atoms with Gasteiger partial charge in [-0.05, 0) is 35.6 Å². The van der Waals surface area contributed by atoms with Crippen LogP contribution in [0.1, 0.15) is 10.4 Å². The minimum atomic E-state index is -0.188. The molecule has 0 aliphatic carbocycles. The topological polar surface area (TPSA) is 48.9 Å². The lowest BCUT2D eigenvalue weighted by Gasteiger charge is -2.29. The van der Waals surface area contributed by atoms with Crippen LogP contribution in [0.2, 0.25) is 0 Å². The minimum absolute atomic E-state index is 0. The number of thiophene rings is 1. The molecule has 5 nitrogen and oxygen atoms in total. The first-order valence-electron chi connectivity index (χ1n) is 8.84. The summed E-state index contributed by atoms with van der Waals surface area (Å²) in [5, 5.41) is 8.60. The quantitative estimate of drug-likeness (QED) is 0.361. The van der Waals surface area contributed by atoms with Gasteiger partial charge < -0.3 is 20.3 Å². The Labute approximate surface area is 181 Å². The van der Waals surface area contributed by atoms with E-state index >= 15 is 0 Å². The molecule has 3 rings (SSSR count). The SMILES string of the molecule is CN=C(NCCc1cccs1)NCc1ccc(N2CCOCC2)c(F)c1.I. The Kier molecular flexibility index (Phi) is 9.29. The van der Waals surface area contributed by atoms with Crippen molar-refractivity contribution in [2.24, 2.45) is 4.99 Å². The van der Waals surface area contributed by atoms with Crippen molar-refractivity contribution < 1.29 is 9.13 Å². The molecule has 0 saturated carbocycles. The maximum absolute atomic E-state index is 14.4. The molecule has 0 unspecified atom stereocenters. The van der Waals surface area contributed by atoms with Gasteiger partial charge in [0.2, 0.25) is 0 Å². The Balaban J connectivity index is 0.00000261. The van der Waals surface area contributed by atoms with Crippen molar-refractivity contribution in [3.63, 3.8) is 0 Å². The smallest absolute Gasteiger partial charge is 0.191 e. The molecule has 0 spiro atoms. The zero-order valence-corrected chi connectivity index (χ0v) is 18.6. The summed E-state index contributed by atoms with van der Waals surface area (Å²) in [6, 6.07) is 9.59. The van der Waals surface area contributed by atoms with Crippen molar-refractivity contribution in [1.82, 2.24) is 10.6 Å². The fourth-order valence-electron chi connectivity index (χ4n) is 2.89. The Morgan fingerprint density at radius 2 is 2.07 bits per heavy atom. The predicted molar refractivity (Wildman–Crippen MR) is 121 cm³/mol. The lowest BCUT2D eigenvalue weighted by Crippen LogP contribution is -2.38. The molecule has 148 valence electrons. The average molecular weight is 504 g/mol. The third-order valence-electron chi connectivity index (χ3n) is 4.29. The van der Waals surface area contributed by atoms with Crippen LogP contribution in [-0.4, -0.2) is 45.9 Å². The molecule has 1 fully saturated rings. The highest BCUT2D eigenvalue weighted by Crippen LogP contribution is 2.21. The lowest BCUT2D eigenvalue weighted by atomic mass is 10.1. The number of nitrogens with zero attached hydrogens (tertiary/aromatic N) is 2. The Morgan fingerprint density at radius 3 is 2.74 bits per heavy atom. The molecule has 1 saturated heterocycles. The molecule has 1 aromatic carbocycles. The molecule has 0 bridgehead atoms. The highest BCUT2D eigenvalue weighted by atomic mass is 127. The molecule has 27 heavy (non-hydrogen) atoms. The molecule has 1 aliphatic rings. The number of nitrogens with one attached hydrogen (secondary N) is 2. The van der Waals surface area contributed by atoms with Crippen LogP contribution in [0.15, 0.2) is 40.7 Å². The van der Waals surface area contributed by atoms with Crippen LogP contribution >= 0.6 is 35.3 Å². The molecule has 2 N–H and O–H groups in total. The Morgan fingerprint density at radius 1 is 1.26 bits per heavy atom. The second-order valence-corrected chi connectivity index (χ2v) is 7.10. The van der Waals surface area contributed by atoms with E-state index in [1.165, 1.54) is 4.88 Å². The number of guanidine groups is 1. The van der Waals surface area contributed by atoms with Gasteiger partial charge in [0.25, 0.3) is 0 Å². The number of ether oxygens (including phenoxy) is 1. The summed E-state index contributed by atoms with van der Waals surface area (Å²) in [5.41, 5.74) is 1.54. The first kappa shape index (κ1) is 21.9. The second kappa shape index (κ2) is 11.5. The van der Waals surface area contributed by atoms with Crippen LogP contribution in [-0.2, 0) is 17.7 Å². The summed E-state index contributed by atoms with van der Waals surface area (Å²) in [7, 11) is 1.74. The summed E-state index contributed by atoms with van der Waals surface area (Å²) in [6.45, 7) is 4.10. The van der Waals surface area contributed by atoms with Crippen molar-refractivity contribution in [3.05, 3.63) is 52.0 Å². The van der Waals surface area contributed by atoms with Gasteiger partial charge in [0.1, 0.15) is 5.82 Å². The van der Waals surface area contributed by atoms with Crippen LogP contribution < -0.4 is 15.5 Å². The van der Waals surface area contributed by atoms with Gasteiger partial charge in [-0.1, -0.05) is 12.1 Å². The van der Waals surface area contributed by atoms with E-state index in [2.05, 4.69) is 33.1 Å². The van der Waals surface area contributed by atoms with Gasteiger partial charge in [0, 0.05) is 38.1 Å². The van der Waals surface area contributed by atoms with E-state index in [1.807, 2.05) is 17.0 Å². The first-order valence-corrected chi connectivity index (χ1v) is 9.72. The van der Waals surface area contributed by atoms with E-state index < -0.39 is 0 Å². The number of benzene rings is 1. The highest BCUT2D eigenvalue weighted by molar-refractivity contribution is 14.0. The molecule has 1 aromatic heterocycles. The van der Waals surface area contributed by atoms with Crippen LogP contribution in [0, 0.1) is 5.82 Å². The van der Waals surface area contributed by atoms with Crippen molar-refractivity contribution >= 4 is 47.0 Å². The number of halogens is 2. The summed E-state index contributed by atoms with van der Waals surface area (Å²) in [4.78, 5) is 7.59. The van der Waals surface area contributed by atoms with Gasteiger partial charge in [0.15, 0.2) is 5.96 Å². The van der Waals surface area contributed by atoms with Crippen LogP contribution in [0.25, 0.3) is 0 Å². The zero-order valence-electron chi connectivity index (χ0n) is 15.4. The number of morpholine rings is 1. The van der Waals surface area contributed by atoms with E-state index in [0.29, 0.717) is 25.4 Å². The van der Waals surface area contributed by atoms with E-state index in [0.717, 1.165) is 37.6 Å². The summed E-state index contributed by atoms with van der Waals surface area (Å²) >= 11 is 1.75. The van der Waals surface area contributed by atoms with E-state index in [9.17, 15) is 4.39 Å². The summed E-state index contributed by atoms with van der Waals surface area (Å²) < 4.78 is 19.8. The molecule has 2 aromatic rings. The fourth-order valence-corrected chi connectivity index (χ4v) is 3.60. The zero-order chi connectivity index (χ0) is 18.2. The monoisotopic (exact) mass is 504 g/mol. The summed E-state index contributed by atoms with van der Waals surface area (Å²) in [5.74, 6) is 0.533. The molecule has 1 aliphatic heterocycles. The standard InChI is InChI=1S/C19H25FN4OS.HI/c1-21-19(22-7-6-16-3-2-12-26-16)23-14-15-4-5-18(17(20)13-15)24-8-10-25-11-9-24;/h2-5,12-13H,6-11,14H2,1H3,(H2,21,22,23);1H. The number of hydrogen-bond donors (Lipinski definition) is 2. The maximum atomic E-state index is 14.4. The minimum Gasteiger partial charge on any atom is -0.378 e. The van der Waals surface area contributed by atoms with Gasteiger partial charge in [0.05, 0.1) is 18.9 Å².